The van der Waals surface area contributed by atoms with Crippen molar-refractivity contribution in [3.63, 3.8) is 0 Å². The lowest BCUT2D eigenvalue weighted by molar-refractivity contribution is -0.213. The number of aromatic carboxylic acids is 2. The van der Waals surface area contributed by atoms with E-state index in [9.17, 15) is 29.7 Å². The first kappa shape index (κ1) is 17.4. The van der Waals surface area contributed by atoms with Crippen molar-refractivity contribution in [1.29, 1.82) is 0 Å². The van der Waals surface area contributed by atoms with Crippen molar-refractivity contribution in [1.82, 2.24) is 0 Å². The smallest absolute Gasteiger partial charge is 0.336 e. The summed E-state index contributed by atoms with van der Waals surface area (Å²) in [6.07, 6.45) is -0.239. The first-order valence-corrected chi connectivity index (χ1v) is 6.35. The van der Waals surface area contributed by atoms with Gasteiger partial charge >= 0.3 is 17.9 Å². The number of hydrogen-bond acceptors (Lipinski definition) is 5. The molecular weight excluding hydrogens is 292 g/mol. The summed E-state index contributed by atoms with van der Waals surface area (Å²) in [5.41, 5.74) is -1.42. The van der Waals surface area contributed by atoms with Crippen LogP contribution in [0, 0.1) is 0 Å². The van der Waals surface area contributed by atoms with Gasteiger partial charge < -0.3 is 20.1 Å². The van der Waals surface area contributed by atoms with Crippen LogP contribution in [0.15, 0.2) is 30.4 Å². The molecule has 22 heavy (non-hydrogen) atoms. The summed E-state index contributed by atoms with van der Waals surface area (Å²) in [7, 11) is 0. The highest BCUT2D eigenvalue weighted by atomic mass is 16.7. The van der Waals surface area contributed by atoms with E-state index in [1.54, 1.807) is 0 Å². The molecule has 118 valence electrons. The molecule has 7 nitrogen and oxygen atoms in total. The number of ether oxygens (including phenoxy) is 1. The molecule has 0 heterocycles. The molecule has 1 atom stereocenters. The summed E-state index contributed by atoms with van der Waals surface area (Å²) >= 11 is 0. The van der Waals surface area contributed by atoms with Gasteiger partial charge in [-0.3, -0.25) is 0 Å². The van der Waals surface area contributed by atoms with Crippen molar-refractivity contribution in [2.24, 2.45) is 0 Å². The summed E-state index contributed by atoms with van der Waals surface area (Å²) < 4.78 is 4.91. The van der Waals surface area contributed by atoms with Crippen LogP contribution in [-0.2, 0) is 15.3 Å². The molecule has 0 aromatic heterocycles. The van der Waals surface area contributed by atoms with E-state index in [1.165, 1.54) is 19.9 Å². The zero-order valence-electron chi connectivity index (χ0n) is 12.1. The van der Waals surface area contributed by atoms with Crippen LogP contribution in [0.2, 0.25) is 0 Å². The molecule has 0 spiro atoms. The fraction of sp³-hybridized carbons (Fsp3) is 0.267. The standard InChI is InChI=1S/C15H16O7/c1-4-15(21,22-14(20)8(2)3)11-9(12(16)17)6-5-7-10(11)13(18)19/h5-7,21H,2,4H2,1,3H3,(H,16,17)(H,18,19). The van der Waals surface area contributed by atoms with Gasteiger partial charge in [0.1, 0.15) is 0 Å². The van der Waals surface area contributed by atoms with Gasteiger partial charge in [0.05, 0.1) is 16.7 Å². The molecule has 0 saturated heterocycles. The lowest BCUT2D eigenvalue weighted by atomic mass is 9.91. The number of esters is 1. The van der Waals surface area contributed by atoms with Gasteiger partial charge in [0.25, 0.3) is 0 Å². The highest BCUT2D eigenvalue weighted by Crippen LogP contribution is 2.33. The van der Waals surface area contributed by atoms with Gasteiger partial charge in [0.15, 0.2) is 0 Å². The van der Waals surface area contributed by atoms with E-state index in [0.29, 0.717) is 0 Å². The maximum Gasteiger partial charge on any atom is 0.336 e. The third-order valence-electron chi connectivity index (χ3n) is 3.01. The minimum atomic E-state index is -2.39. The van der Waals surface area contributed by atoms with Crippen LogP contribution in [0.4, 0.5) is 0 Å². The second kappa shape index (κ2) is 6.40. The predicted molar refractivity (Wildman–Crippen MR) is 75.5 cm³/mol. The molecule has 0 fully saturated rings. The van der Waals surface area contributed by atoms with Crippen LogP contribution in [0.25, 0.3) is 0 Å². The average Bonchev–Trinajstić information content (AvgIpc) is 2.45. The normalized spacial score (nSPS) is 13.0. The molecule has 7 heteroatoms. The third kappa shape index (κ3) is 3.32. The number of carbonyl (C=O) groups excluding carboxylic acids is 1. The van der Waals surface area contributed by atoms with E-state index in [4.69, 9.17) is 4.74 Å². The van der Waals surface area contributed by atoms with Gasteiger partial charge in [-0.25, -0.2) is 14.4 Å². The van der Waals surface area contributed by atoms with Crippen molar-refractivity contribution >= 4 is 17.9 Å². The van der Waals surface area contributed by atoms with Gasteiger partial charge in [-0.1, -0.05) is 19.6 Å². The van der Waals surface area contributed by atoms with Gasteiger partial charge in [-0.05, 0) is 19.1 Å². The molecule has 0 saturated carbocycles. The summed E-state index contributed by atoms with van der Waals surface area (Å²) in [6, 6.07) is 3.48. The van der Waals surface area contributed by atoms with Crippen molar-refractivity contribution < 1.29 is 34.4 Å². The Bertz CT molecular complexity index is 615. The highest BCUT2D eigenvalue weighted by Gasteiger charge is 2.39. The second-order valence-electron chi connectivity index (χ2n) is 4.65. The Hall–Kier alpha value is -2.67. The molecule has 0 aliphatic carbocycles. The molecule has 0 aliphatic rings. The predicted octanol–water partition coefficient (Wildman–Crippen LogP) is 1.76. The Balaban J connectivity index is 3.60. The molecule has 0 amide bonds. The van der Waals surface area contributed by atoms with E-state index < -0.39 is 40.4 Å². The summed E-state index contributed by atoms with van der Waals surface area (Å²) in [5, 5.41) is 29.0. The van der Waals surface area contributed by atoms with E-state index in [-0.39, 0.29) is 12.0 Å². The van der Waals surface area contributed by atoms with Crippen LogP contribution in [0.3, 0.4) is 0 Å². The molecule has 0 aliphatic heterocycles. The Labute approximate surface area is 126 Å². The van der Waals surface area contributed by atoms with Gasteiger partial charge in [-0.2, -0.15) is 0 Å². The molecule has 1 unspecified atom stereocenters. The van der Waals surface area contributed by atoms with Crippen LogP contribution in [-0.4, -0.2) is 33.2 Å². The number of carbonyl (C=O) groups is 3. The Kier molecular flexibility index (Phi) is 5.06. The van der Waals surface area contributed by atoms with Crippen molar-refractivity contribution in [2.45, 2.75) is 26.1 Å². The van der Waals surface area contributed by atoms with Crippen LogP contribution >= 0.6 is 0 Å². The number of rotatable bonds is 6. The fourth-order valence-corrected chi connectivity index (χ4v) is 1.87. The zero-order valence-corrected chi connectivity index (χ0v) is 12.1. The molecular formula is C15H16O7. The fourth-order valence-electron chi connectivity index (χ4n) is 1.87. The molecule has 1 aromatic carbocycles. The average molecular weight is 308 g/mol. The van der Waals surface area contributed by atoms with E-state index >= 15 is 0 Å². The molecule has 3 N–H and O–H groups in total. The molecule has 0 bridgehead atoms. The first-order chi connectivity index (χ1) is 10.1. The molecule has 1 aromatic rings. The van der Waals surface area contributed by atoms with Crippen LogP contribution in [0.1, 0.15) is 46.5 Å². The minimum Gasteiger partial charge on any atom is -0.478 e. The summed E-state index contributed by atoms with van der Waals surface area (Å²) in [6.45, 7) is 6.14. The van der Waals surface area contributed by atoms with Crippen LogP contribution < -0.4 is 0 Å². The lowest BCUT2D eigenvalue weighted by Gasteiger charge is -2.29. The Morgan fingerprint density at radius 1 is 1.18 bits per heavy atom. The van der Waals surface area contributed by atoms with E-state index in [1.807, 2.05) is 0 Å². The lowest BCUT2D eigenvalue weighted by Crippen LogP contribution is -2.35. The van der Waals surface area contributed by atoms with E-state index in [2.05, 4.69) is 6.58 Å². The van der Waals surface area contributed by atoms with Crippen molar-refractivity contribution in [3.8, 4) is 0 Å². The Morgan fingerprint density at radius 3 is 1.95 bits per heavy atom. The zero-order chi connectivity index (χ0) is 17.1. The highest BCUT2D eigenvalue weighted by molar-refractivity contribution is 5.97. The SMILES string of the molecule is C=C(C)C(=O)OC(O)(CC)c1c(C(=O)O)cccc1C(=O)O. The van der Waals surface area contributed by atoms with Gasteiger partial charge in [0, 0.05) is 12.0 Å². The number of carboxylic acid groups (broad SMARTS) is 2. The van der Waals surface area contributed by atoms with Crippen molar-refractivity contribution in [3.05, 3.63) is 47.0 Å². The van der Waals surface area contributed by atoms with Gasteiger partial charge in [-0.15, -0.1) is 0 Å². The van der Waals surface area contributed by atoms with Crippen molar-refractivity contribution in [2.75, 3.05) is 0 Å². The summed E-state index contributed by atoms with van der Waals surface area (Å²) in [5.74, 6) is -6.24. The minimum absolute atomic E-state index is 0.0171. The topological polar surface area (TPSA) is 121 Å². The number of carboxylic acids is 2. The Morgan fingerprint density at radius 2 is 1.64 bits per heavy atom. The molecule has 1 rings (SSSR count). The maximum atomic E-state index is 11.7. The van der Waals surface area contributed by atoms with E-state index in [0.717, 1.165) is 12.1 Å². The van der Waals surface area contributed by atoms with Gasteiger partial charge in [0.2, 0.25) is 5.79 Å². The van der Waals surface area contributed by atoms with Crippen LogP contribution in [0.5, 0.6) is 0 Å². The number of hydrogen-bond donors (Lipinski definition) is 3. The largest absolute Gasteiger partial charge is 0.478 e. The number of benzene rings is 1. The monoisotopic (exact) mass is 308 g/mol. The third-order valence-corrected chi connectivity index (χ3v) is 3.01. The summed E-state index contributed by atoms with van der Waals surface area (Å²) in [4.78, 5) is 34.3. The number of aliphatic hydroxyl groups is 1. The second-order valence-corrected chi connectivity index (χ2v) is 4.65. The quantitative estimate of drug-likeness (QED) is 0.416. The molecule has 0 radical (unpaired) electrons. The maximum absolute atomic E-state index is 11.7. The first-order valence-electron chi connectivity index (χ1n) is 6.35.